The number of amides is 5. The quantitative estimate of drug-likeness (QED) is 0.102. The smallest absolute Gasteiger partial charge is 0.407 e. The van der Waals surface area contributed by atoms with Crippen LogP contribution in [-0.2, 0) is 29.3 Å². The van der Waals surface area contributed by atoms with E-state index in [9.17, 15) is 24.0 Å². The third kappa shape index (κ3) is 10.8. The highest BCUT2D eigenvalue weighted by atomic mass is 16.5. The van der Waals surface area contributed by atoms with Gasteiger partial charge >= 0.3 is 12.2 Å². The van der Waals surface area contributed by atoms with Crippen molar-refractivity contribution in [2.75, 3.05) is 37.5 Å². The molecule has 5 amide bonds. The molecule has 15 nitrogen and oxygen atoms in total. The number of aromatic nitrogens is 2. The van der Waals surface area contributed by atoms with E-state index in [-0.39, 0.29) is 53.1 Å². The van der Waals surface area contributed by atoms with Crippen LogP contribution >= 0.6 is 0 Å². The van der Waals surface area contributed by atoms with Crippen molar-refractivity contribution in [1.29, 1.82) is 0 Å². The standard InChI is InChI=1S/C52H68N8O7/c1-31(2)44(56-50(64)66-8)48(62)58-28-10-12-42(58)46-53-30-39(55-46)33-14-16-34(17-15-33)40-26-27-41(60(40)38-24-20-36(21-25-38)52(5,6)7)35-18-22-37(23-19-35)54-47(61)43-13-11-29-59(43)49(63)45(32(3)4)57-51(65)67-9/h14-25,30-32,40-45H,10-13,26-29H2,1-9H3,(H,53,55)(H,54,61)(H,56,64)(H,57,65)/t40-,41+,42+,43+,44+,45+/m1/s1. The zero-order valence-corrected chi connectivity index (χ0v) is 40.4. The molecule has 0 radical (unpaired) electrons. The molecule has 0 spiro atoms. The first-order valence-electron chi connectivity index (χ1n) is 23.7. The molecule has 4 N–H and O–H groups in total. The zero-order valence-electron chi connectivity index (χ0n) is 40.4. The summed E-state index contributed by atoms with van der Waals surface area (Å²) in [6, 6.07) is 23.3. The highest BCUT2D eigenvalue weighted by molar-refractivity contribution is 5.98. The number of alkyl carbamates (subject to hydrolysis) is 2. The first-order chi connectivity index (χ1) is 32.0. The van der Waals surface area contributed by atoms with Gasteiger partial charge in [-0.3, -0.25) is 14.4 Å². The zero-order chi connectivity index (χ0) is 48.2. The molecule has 358 valence electrons. The molecule has 3 saturated heterocycles. The Morgan fingerprint density at radius 2 is 1.19 bits per heavy atom. The summed E-state index contributed by atoms with van der Waals surface area (Å²) in [4.78, 5) is 79.4. The van der Waals surface area contributed by atoms with Crippen LogP contribution in [0.4, 0.5) is 21.0 Å². The van der Waals surface area contributed by atoms with Gasteiger partial charge in [0.1, 0.15) is 23.9 Å². The lowest BCUT2D eigenvalue weighted by Gasteiger charge is -2.34. The summed E-state index contributed by atoms with van der Waals surface area (Å²) in [6.07, 6.45) is 5.27. The van der Waals surface area contributed by atoms with Gasteiger partial charge in [-0.2, -0.15) is 0 Å². The van der Waals surface area contributed by atoms with Crippen LogP contribution in [-0.4, -0.2) is 95.1 Å². The van der Waals surface area contributed by atoms with Crippen LogP contribution in [0.15, 0.2) is 79.0 Å². The minimum absolute atomic E-state index is 0.00720. The van der Waals surface area contributed by atoms with E-state index in [2.05, 4.69) is 107 Å². The van der Waals surface area contributed by atoms with Gasteiger partial charge in [-0.25, -0.2) is 14.6 Å². The number of imidazole rings is 1. The number of hydrogen-bond acceptors (Lipinski definition) is 9. The van der Waals surface area contributed by atoms with E-state index in [4.69, 9.17) is 14.5 Å². The molecular formula is C52H68N8O7. The van der Waals surface area contributed by atoms with Crippen LogP contribution in [0.5, 0.6) is 0 Å². The third-order valence-corrected chi connectivity index (χ3v) is 13.6. The number of rotatable bonds is 13. The first-order valence-corrected chi connectivity index (χ1v) is 23.7. The summed E-state index contributed by atoms with van der Waals surface area (Å²) in [5.74, 6) is -0.280. The summed E-state index contributed by atoms with van der Waals surface area (Å²) >= 11 is 0. The molecule has 0 aliphatic carbocycles. The molecule has 4 aromatic rings. The van der Waals surface area contributed by atoms with Gasteiger partial charge in [-0.1, -0.05) is 97.0 Å². The second-order valence-corrected chi connectivity index (χ2v) is 19.8. The Morgan fingerprint density at radius 3 is 1.73 bits per heavy atom. The number of ether oxygens (including phenoxy) is 2. The number of methoxy groups -OCH3 is 2. The Balaban J connectivity index is 1.08. The molecule has 67 heavy (non-hydrogen) atoms. The lowest BCUT2D eigenvalue weighted by Crippen LogP contribution is -2.54. The molecule has 6 atom stereocenters. The van der Waals surface area contributed by atoms with Crippen molar-refractivity contribution < 1.29 is 33.4 Å². The lowest BCUT2D eigenvalue weighted by molar-refractivity contribution is -0.139. The maximum absolute atomic E-state index is 13.7. The highest BCUT2D eigenvalue weighted by Crippen LogP contribution is 2.47. The molecule has 0 saturated carbocycles. The van der Waals surface area contributed by atoms with E-state index in [1.165, 1.54) is 25.3 Å². The number of anilines is 2. The van der Waals surface area contributed by atoms with Gasteiger partial charge in [0.15, 0.2) is 0 Å². The average Bonchev–Trinajstić information content (AvgIpc) is 4.16. The number of nitrogens with one attached hydrogen (secondary N) is 4. The fourth-order valence-corrected chi connectivity index (χ4v) is 9.88. The summed E-state index contributed by atoms with van der Waals surface area (Å²) in [5, 5.41) is 8.42. The van der Waals surface area contributed by atoms with Gasteiger partial charge in [0.05, 0.1) is 38.0 Å². The van der Waals surface area contributed by atoms with Crippen molar-refractivity contribution >= 4 is 41.3 Å². The fourth-order valence-electron chi connectivity index (χ4n) is 9.88. The Morgan fingerprint density at radius 1 is 0.672 bits per heavy atom. The fraction of sp³-hybridized carbons (Fsp3) is 0.500. The largest absolute Gasteiger partial charge is 0.453 e. The number of carbonyl (C=O) groups is 5. The average molecular weight is 917 g/mol. The van der Waals surface area contributed by atoms with Gasteiger partial charge in [0.25, 0.3) is 0 Å². The summed E-state index contributed by atoms with van der Waals surface area (Å²) < 4.78 is 9.55. The Kier molecular flexibility index (Phi) is 15.0. The SMILES string of the molecule is COC(=O)N[C@H](C(=O)N1CCC[C@H]1C(=O)Nc1ccc([C@@H]2CC[C@H](c3ccc(-c4c[nH]c([C@@H]5CCCN5C(=O)[C@@H](NC(=O)OC)C(C)C)n4)cc3)N2c2ccc(C(C)(C)C)cc2)cc1)C(C)C. The molecule has 15 heteroatoms. The normalized spacial score (nSPS) is 20.5. The molecule has 0 unspecified atom stereocenters. The number of H-pyrrole nitrogens is 1. The molecular weight excluding hydrogens is 849 g/mol. The molecule has 3 aliphatic heterocycles. The first kappa shape index (κ1) is 48.6. The maximum Gasteiger partial charge on any atom is 0.407 e. The second kappa shape index (κ2) is 20.6. The molecule has 3 fully saturated rings. The van der Waals surface area contributed by atoms with E-state index < -0.39 is 30.3 Å². The Bertz CT molecular complexity index is 2370. The number of benzene rings is 3. The highest BCUT2D eigenvalue weighted by Gasteiger charge is 2.41. The summed E-state index contributed by atoms with van der Waals surface area (Å²) in [6.45, 7) is 15.2. The predicted molar refractivity (Wildman–Crippen MR) is 258 cm³/mol. The topological polar surface area (TPSA) is 178 Å². The van der Waals surface area contributed by atoms with Crippen molar-refractivity contribution in [3.05, 3.63) is 102 Å². The lowest BCUT2D eigenvalue weighted by atomic mass is 9.87. The van der Waals surface area contributed by atoms with Crippen molar-refractivity contribution in [3.8, 4) is 11.3 Å². The van der Waals surface area contributed by atoms with Crippen LogP contribution in [0.25, 0.3) is 11.3 Å². The molecule has 1 aromatic heterocycles. The molecule has 7 rings (SSSR count). The van der Waals surface area contributed by atoms with Crippen LogP contribution in [0.1, 0.15) is 128 Å². The second-order valence-electron chi connectivity index (χ2n) is 19.8. The van der Waals surface area contributed by atoms with Gasteiger partial charge in [-0.15, -0.1) is 0 Å². The summed E-state index contributed by atoms with van der Waals surface area (Å²) in [5.41, 5.74) is 7.12. The molecule has 3 aromatic carbocycles. The van der Waals surface area contributed by atoms with Crippen LogP contribution in [0, 0.1) is 11.8 Å². The number of nitrogens with zero attached hydrogens (tertiary/aromatic N) is 4. The number of carbonyl (C=O) groups excluding carboxylic acids is 5. The third-order valence-electron chi connectivity index (χ3n) is 13.6. The van der Waals surface area contributed by atoms with Gasteiger partial charge < -0.3 is 45.1 Å². The molecule has 4 heterocycles. The minimum atomic E-state index is -0.804. The van der Waals surface area contributed by atoms with Crippen molar-refractivity contribution in [1.82, 2.24) is 30.4 Å². The van der Waals surface area contributed by atoms with Crippen LogP contribution in [0.3, 0.4) is 0 Å². The van der Waals surface area contributed by atoms with E-state index in [1.54, 1.807) is 4.90 Å². The van der Waals surface area contributed by atoms with E-state index >= 15 is 0 Å². The summed E-state index contributed by atoms with van der Waals surface area (Å²) in [7, 11) is 2.55. The van der Waals surface area contributed by atoms with E-state index in [1.807, 2.05) is 50.9 Å². The van der Waals surface area contributed by atoms with Gasteiger partial charge in [0, 0.05) is 36.2 Å². The monoisotopic (exact) mass is 917 g/mol. The molecule has 0 bridgehead atoms. The molecule has 3 aliphatic rings. The van der Waals surface area contributed by atoms with Gasteiger partial charge in [0.2, 0.25) is 17.7 Å². The number of aromatic amines is 1. The van der Waals surface area contributed by atoms with Crippen LogP contribution < -0.4 is 20.9 Å². The number of hydrogen-bond donors (Lipinski definition) is 4. The Hall–Kier alpha value is -6.38. The van der Waals surface area contributed by atoms with Crippen LogP contribution in [0.2, 0.25) is 0 Å². The van der Waals surface area contributed by atoms with E-state index in [0.717, 1.165) is 54.0 Å². The van der Waals surface area contributed by atoms with Crippen molar-refractivity contribution in [2.45, 2.75) is 129 Å². The van der Waals surface area contributed by atoms with Crippen molar-refractivity contribution in [3.63, 3.8) is 0 Å². The van der Waals surface area contributed by atoms with E-state index in [0.29, 0.717) is 31.6 Å². The maximum atomic E-state index is 13.7. The predicted octanol–water partition coefficient (Wildman–Crippen LogP) is 8.81. The van der Waals surface area contributed by atoms with Crippen molar-refractivity contribution in [2.24, 2.45) is 11.8 Å². The minimum Gasteiger partial charge on any atom is -0.453 e. The van der Waals surface area contributed by atoms with Gasteiger partial charge in [-0.05, 0) is 96.7 Å². The number of likely N-dealkylation sites (tertiary alicyclic amines) is 2. The Labute approximate surface area is 394 Å².